The van der Waals surface area contributed by atoms with Crippen molar-refractivity contribution in [2.75, 3.05) is 4.90 Å². The molecule has 0 saturated heterocycles. The summed E-state index contributed by atoms with van der Waals surface area (Å²) in [5.74, 6) is 0.909. The van der Waals surface area contributed by atoms with Gasteiger partial charge in [0.15, 0.2) is 0 Å². The smallest absolute Gasteiger partial charge is 0.213 e. The minimum atomic E-state index is 0.909. The Hall–Kier alpha value is -2.81. The van der Waals surface area contributed by atoms with Crippen LogP contribution < -0.4 is 4.90 Å². The lowest BCUT2D eigenvalue weighted by Crippen LogP contribution is -2.13. The number of benzene rings is 2. The topological polar surface area (TPSA) is 21.1 Å². The molecule has 21 heavy (non-hydrogen) atoms. The first-order chi connectivity index (χ1) is 10.3. The van der Waals surface area contributed by atoms with E-state index in [1.165, 1.54) is 16.7 Å². The fourth-order valence-corrected chi connectivity index (χ4v) is 2.80. The fraction of sp³-hybridized carbons (Fsp3) is 0.0556. The van der Waals surface area contributed by atoms with Crippen LogP contribution >= 0.6 is 0 Å². The van der Waals surface area contributed by atoms with Crippen LogP contribution in [0.1, 0.15) is 5.56 Å². The summed E-state index contributed by atoms with van der Waals surface area (Å²) in [5.41, 5.74) is 4.84. The Kier molecular flexibility index (Phi) is 2.64. The lowest BCUT2D eigenvalue weighted by Gasteiger charge is -2.21. The first-order valence-corrected chi connectivity index (χ1v) is 6.98. The van der Waals surface area contributed by atoms with Gasteiger partial charge in [0.25, 0.3) is 0 Å². The molecule has 0 saturated carbocycles. The zero-order valence-electron chi connectivity index (χ0n) is 11.8. The van der Waals surface area contributed by atoms with Gasteiger partial charge in [-0.3, -0.25) is 4.90 Å². The standard InChI is InChI=1S/C18H15N3/c1-20-13-11-19-18(20)21-12-10-14-6-2-3-7-15(14)16-8-4-5-9-17(16)21/h2-13H,1H3. The maximum absolute atomic E-state index is 4.48. The molecule has 102 valence electrons. The summed E-state index contributed by atoms with van der Waals surface area (Å²) in [4.78, 5) is 6.61. The molecule has 3 nitrogen and oxygen atoms in total. The molecule has 0 unspecified atom stereocenters. The molecule has 4 rings (SSSR count). The Balaban J connectivity index is 2.00. The number of hydrogen-bond acceptors (Lipinski definition) is 2. The van der Waals surface area contributed by atoms with Crippen LogP contribution in [-0.4, -0.2) is 9.55 Å². The zero-order valence-corrected chi connectivity index (χ0v) is 11.8. The summed E-state index contributed by atoms with van der Waals surface area (Å²) >= 11 is 0. The van der Waals surface area contributed by atoms with Crippen molar-refractivity contribution in [3.8, 4) is 11.1 Å². The number of fused-ring (bicyclic) bond motifs is 3. The summed E-state index contributed by atoms with van der Waals surface area (Å²) in [7, 11) is 2.01. The van der Waals surface area contributed by atoms with Crippen LogP contribution in [-0.2, 0) is 7.05 Å². The highest BCUT2D eigenvalue weighted by molar-refractivity contribution is 5.89. The van der Waals surface area contributed by atoms with E-state index in [2.05, 4.69) is 70.7 Å². The summed E-state index contributed by atoms with van der Waals surface area (Å²) in [5, 5.41) is 0. The molecule has 0 fully saturated rings. The van der Waals surface area contributed by atoms with Crippen LogP contribution in [0.5, 0.6) is 0 Å². The molecule has 3 aromatic rings. The maximum atomic E-state index is 4.48. The van der Waals surface area contributed by atoms with E-state index >= 15 is 0 Å². The van der Waals surface area contributed by atoms with Gasteiger partial charge in [0.05, 0.1) is 5.69 Å². The van der Waals surface area contributed by atoms with Gasteiger partial charge >= 0.3 is 0 Å². The molecular formula is C18H15N3. The van der Waals surface area contributed by atoms with Crippen LogP contribution in [0, 0.1) is 0 Å². The third-order valence-electron chi connectivity index (χ3n) is 3.83. The average Bonchev–Trinajstić information content (AvgIpc) is 2.87. The molecule has 2 heterocycles. The molecule has 0 bridgehead atoms. The molecule has 0 amide bonds. The molecule has 2 aromatic carbocycles. The van der Waals surface area contributed by atoms with Gasteiger partial charge in [0.1, 0.15) is 0 Å². The highest BCUT2D eigenvalue weighted by atomic mass is 15.3. The molecule has 0 spiro atoms. The monoisotopic (exact) mass is 273 g/mol. The number of aromatic nitrogens is 2. The van der Waals surface area contributed by atoms with E-state index in [9.17, 15) is 0 Å². The zero-order chi connectivity index (χ0) is 14.2. The van der Waals surface area contributed by atoms with Crippen molar-refractivity contribution < 1.29 is 0 Å². The number of hydrogen-bond donors (Lipinski definition) is 0. The molecule has 1 aliphatic rings. The van der Waals surface area contributed by atoms with E-state index in [0.717, 1.165) is 11.6 Å². The van der Waals surface area contributed by atoms with Gasteiger partial charge in [-0.05, 0) is 23.3 Å². The molecule has 0 atom stereocenters. The quantitative estimate of drug-likeness (QED) is 0.662. The van der Waals surface area contributed by atoms with Crippen LogP contribution in [0.25, 0.3) is 17.2 Å². The molecule has 0 radical (unpaired) electrons. The SMILES string of the molecule is Cn1ccnc1N1C=Cc2ccccc2-c2ccccc21. The van der Waals surface area contributed by atoms with Gasteiger partial charge in [0, 0.05) is 31.2 Å². The predicted octanol–water partition coefficient (Wildman–Crippen LogP) is 4.21. The lowest BCUT2D eigenvalue weighted by molar-refractivity contribution is 0.896. The van der Waals surface area contributed by atoms with Crippen LogP contribution in [0.15, 0.2) is 67.1 Å². The van der Waals surface area contributed by atoms with Gasteiger partial charge in [-0.2, -0.15) is 0 Å². The Labute approximate surface area is 123 Å². The second-order valence-electron chi connectivity index (χ2n) is 5.13. The number of imidazole rings is 1. The first-order valence-electron chi connectivity index (χ1n) is 6.98. The van der Waals surface area contributed by atoms with Crippen molar-refractivity contribution in [3.05, 3.63) is 72.7 Å². The minimum absolute atomic E-state index is 0.909. The second-order valence-corrected chi connectivity index (χ2v) is 5.13. The van der Waals surface area contributed by atoms with Gasteiger partial charge in [-0.1, -0.05) is 42.5 Å². The van der Waals surface area contributed by atoms with Crippen molar-refractivity contribution >= 4 is 17.7 Å². The number of rotatable bonds is 1. The maximum Gasteiger partial charge on any atom is 0.213 e. The third-order valence-corrected chi connectivity index (χ3v) is 3.83. The summed E-state index contributed by atoms with van der Waals surface area (Å²) < 4.78 is 2.02. The summed E-state index contributed by atoms with van der Waals surface area (Å²) in [6.07, 6.45) is 8.02. The summed E-state index contributed by atoms with van der Waals surface area (Å²) in [6, 6.07) is 16.9. The van der Waals surface area contributed by atoms with Crippen molar-refractivity contribution in [2.45, 2.75) is 0 Å². The average molecular weight is 273 g/mol. The summed E-state index contributed by atoms with van der Waals surface area (Å²) in [6.45, 7) is 0. The number of nitrogens with zero attached hydrogens (tertiary/aromatic N) is 3. The molecule has 0 N–H and O–H groups in total. The number of aryl methyl sites for hydroxylation is 1. The normalized spacial score (nSPS) is 12.7. The van der Waals surface area contributed by atoms with E-state index in [4.69, 9.17) is 0 Å². The number of anilines is 2. The van der Waals surface area contributed by atoms with Gasteiger partial charge in [-0.15, -0.1) is 0 Å². The molecule has 1 aliphatic heterocycles. The Morgan fingerprint density at radius 1 is 0.905 bits per heavy atom. The van der Waals surface area contributed by atoms with E-state index in [1.54, 1.807) is 0 Å². The third kappa shape index (κ3) is 1.86. The fourth-order valence-electron chi connectivity index (χ4n) is 2.80. The highest BCUT2D eigenvalue weighted by Crippen LogP contribution is 2.39. The largest absolute Gasteiger partial charge is 0.320 e. The van der Waals surface area contributed by atoms with Crippen LogP contribution in [0.4, 0.5) is 11.6 Å². The van der Waals surface area contributed by atoms with Crippen LogP contribution in [0.3, 0.4) is 0 Å². The Morgan fingerprint density at radius 3 is 2.48 bits per heavy atom. The lowest BCUT2D eigenvalue weighted by atomic mass is 9.99. The van der Waals surface area contributed by atoms with E-state index in [-0.39, 0.29) is 0 Å². The highest BCUT2D eigenvalue weighted by Gasteiger charge is 2.19. The minimum Gasteiger partial charge on any atom is -0.320 e. The van der Waals surface area contributed by atoms with Gasteiger partial charge in [-0.25, -0.2) is 4.98 Å². The molecule has 3 heteroatoms. The molecular weight excluding hydrogens is 258 g/mol. The van der Waals surface area contributed by atoms with Crippen molar-refractivity contribution in [2.24, 2.45) is 7.05 Å². The first kappa shape index (κ1) is 12.0. The Morgan fingerprint density at radius 2 is 1.67 bits per heavy atom. The van der Waals surface area contributed by atoms with E-state index in [1.807, 2.05) is 24.0 Å². The van der Waals surface area contributed by atoms with Gasteiger partial charge < -0.3 is 4.57 Å². The van der Waals surface area contributed by atoms with Crippen molar-refractivity contribution in [1.29, 1.82) is 0 Å². The molecule has 1 aromatic heterocycles. The van der Waals surface area contributed by atoms with E-state index in [0.29, 0.717) is 0 Å². The Bertz CT molecular complexity index is 830. The van der Waals surface area contributed by atoms with Crippen molar-refractivity contribution in [3.63, 3.8) is 0 Å². The predicted molar refractivity (Wildman–Crippen MR) is 86.3 cm³/mol. The van der Waals surface area contributed by atoms with Crippen LogP contribution in [0.2, 0.25) is 0 Å². The molecule has 0 aliphatic carbocycles. The van der Waals surface area contributed by atoms with E-state index < -0.39 is 0 Å². The van der Waals surface area contributed by atoms with Gasteiger partial charge in [0.2, 0.25) is 5.95 Å². The second kappa shape index (κ2) is 4.63. The number of para-hydroxylation sites is 1. The van der Waals surface area contributed by atoms with Crippen molar-refractivity contribution in [1.82, 2.24) is 9.55 Å².